The van der Waals surface area contributed by atoms with Gasteiger partial charge in [0.05, 0.1) is 15.2 Å². The van der Waals surface area contributed by atoms with Crippen molar-refractivity contribution in [2.75, 3.05) is 43.9 Å². The number of likely N-dealkylation sites (N-methyl/N-ethyl adjacent to an activating group) is 1. The maximum absolute atomic E-state index is 16.5. The van der Waals surface area contributed by atoms with Crippen LogP contribution in [0.4, 0.5) is 15.3 Å². The molecule has 1 unspecified atom stereocenters. The highest BCUT2D eigenvalue weighted by Crippen LogP contribution is 2.42. The first-order chi connectivity index (χ1) is 18.4. The Kier molecular flexibility index (Phi) is 6.98. The topological polar surface area (TPSA) is 106 Å². The first kappa shape index (κ1) is 25.5. The second-order valence-corrected chi connectivity index (χ2v) is 11.7. The number of hydrogen-bond acceptors (Lipinski definition) is 9. The standard InChI is InChI=1S/C27H31ClFN7OS/c1-35-10-5-7-16(35)14-37-27-33-24-18(25(34-27)36-11-3-2-6-15(30)13-36)12-19(28)21(22(24)29)17-8-4-9-20-23(17)32-26(31)38-20/h4,8-9,12,15-16H,2-3,5-7,10-11,13-14,30H2,1H3,(H2,31,32)/t15?,16-/m0/s1. The molecule has 0 bridgehead atoms. The van der Waals surface area contributed by atoms with Crippen molar-refractivity contribution < 1.29 is 9.13 Å². The molecule has 0 amide bonds. The third-order valence-electron chi connectivity index (χ3n) is 7.63. The average Bonchev–Trinajstić information content (AvgIpc) is 3.41. The molecule has 6 rings (SSSR count). The Morgan fingerprint density at radius 3 is 2.82 bits per heavy atom. The number of likely N-dealkylation sites (tertiary alicyclic amines) is 1. The van der Waals surface area contributed by atoms with E-state index in [1.807, 2.05) is 12.1 Å². The van der Waals surface area contributed by atoms with Crippen LogP contribution in [0.1, 0.15) is 32.1 Å². The van der Waals surface area contributed by atoms with Crippen LogP contribution in [0.3, 0.4) is 0 Å². The average molecular weight is 556 g/mol. The van der Waals surface area contributed by atoms with Crippen molar-refractivity contribution in [1.82, 2.24) is 19.9 Å². The molecule has 2 aliphatic rings. The summed E-state index contributed by atoms with van der Waals surface area (Å²) >= 11 is 8.15. The van der Waals surface area contributed by atoms with E-state index in [4.69, 9.17) is 32.8 Å². The summed E-state index contributed by atoms with van der Waals surface area (Å²) in [4.78, 5) is 18.2. The van der Waals surface area contributed by atoms with Crippen molar-refractivity contribution in [3.63, 3.8) is 0 Å². The van der Waals surface area contributed by atoms with Crippen molar-refractivity contribution in [3.8, 4) is 17.1 Å². The number of ether oxygens (including phenoxy) is 1. The molecule has 0 aliphatic carbocycles. The molecular weight excluding hydrogens is 525 g/mol. The van der Waals surface area contributed by atoms with Gasteiger partial charge in [-0.3, -0.25) is 0 Å². The Hall–Kier alpha value is -2.79. The first-order valence-electron chi connectivity index (χ1n) is 13.1. The third kappa shape index (κ3) is 4.75. The molecule has 11 heteroatoms. The highest BCUT2D eigenvalue weighted by atomic mass is 35.5. The summed E-state index contributed by atoms with van der Waals surface area (Å²) in [6, 6.07) is 7.77. The summed E-state index contributed by atoms with van der Waals surface area (Å²) in [6.45, 7) is 2.87. The number of para-hydroxylation sites is 1. The number of hydrogen-bond donors (Lipinski definition) is 2. The van der Waals surface area contributed by atoms with E-state index in [2.05, 4.69) is 26.8 Å². The number of fused-ring (bicyclic) bond motifs is 2. The van der Waals surface area contributed by atoms with E-state index in [0.29, 0.717) is 40.6 Å². The Labute approximate surface area is 229 Å². The molecule has 200 valence electrons. The molecule has 2 fully saturated rings. The lowest BCUT2D eigenvalue weighted by atomic mass is 10.0. The summed E-state index contributed by atoms with van der Waals surface area (Å²) in [7, 11) is 2.09. The first-order valence-corrected chi connectivity index (χ1v) is 14.3. The molecule has 0 spiro atoms. The Morgan fingerprint density at radius 2 is 2.00 bits per heavy atom. The van der Waals surface area contributed by atoms with Crippen molar-refractivity contribution in [3.05, 3.63) is 35.1 Å². The SMILES string of the molecule is CN1CCC[C@H]1COc1nc(N2CCCCC(N)C2)c2cc(Cl)c(-c3cccc4sc(N)nc34)c(F)c2n1. The minimum atomic E-state index is -0.530. The van der Waals surface area contributed by atoms with Gasteiger partial charge in [0.2, 0.25) is 0 Å². The van der Waals surface area contributed by atoms with Crippen molar-refractivity contribution in [2.24, 2.45) is 5.73 Å². The minimum absolute atomic E-state index is 0.00587. The van der Waals surface area contributed by atoms with Gasteiger partial charge < -0.3 is 26.0 Å². The van der Waals surface area contributed by atoms with Gasteiger partial charge in [-0.25, -0.2) is 9.37 Å². The Balaban J connectivity index is 1.51. The molecule has 2 atom stereocenters. The monoisotopic (exact) mass is 555 g/mol. The summed E-state index contributed by atoms with van der Waals surface area (Å²) in [6.07, 6.45) is 5.13. The van der Waals surface area contributed by atoms with Crippen molar-refractivity contribution in [2.45, 2.75) is 44.2 Å². The predicted octanol–water partition coefficient (Wildman–Crippen LogP) is 5.07. The lowest BCUT2D eigenvalue weighted by molar-refractivity contribution is 0.188. The van der Waals surface area contributed by atoms with Crippen LogP contribution in [-0.4, -0.2) is 65.2 Å². The number of halogens is 2. The summed E-state index contributed by atoms with van der Waals surface area (Å²) in [5.74, 6) is 0.0720. The number of nitrogens with two attached hydrogens (primary N) is 2. The minimum Gasteiger partial charge on any atom is -0.462 e. The van der Waals surface area contributed by atoms with Gasteiger partial charge in [-0.15, -0.1) is 0 Å². The molecular formula is C27H31ClFN7OS. The smallest absolute Gasteiger partial charge is 0.319 e. The molecule has 4 N–H and O–H groups in total. The molecule has 38 heavy (non-hydrogen) atoms. The number of rotatable bonds is 5. The number of nitrogens with zero attached hydrogens (tertiary/aromatic N) is 5. The maximum atomic E-state index is 16.5. The second-order valence-electron chi connectivity index (χ2n) is 10.3. The van der Waals surface area contributed by atoms with Crippen LogP contribution in [0.5, 0.6) is 6.01 Å². The Morgan fingerprint density at radius 1 is 1.13 bits per heavy atom. The van der Waals surface area contributed by atoms with Crippen LogP contribution in [0.25, 0.3) is 32.2 Å². The fourth-order valence-electron chi connectivity index (χ4n) is 5.61. The lowest BCUT2D eigenvalue weighted by Crippen LogP contribution is -2.36. The number of benzene rings is 2. The second kappa shape index (κ2) is 10.4. The third-order valence-corrected chi connectivity index (χ3v) is 8.78. The van der Waals surface area contributed by atoms with Gasteiger partial charge in [0.1, 0.15) is 17.9 Å². The van der Waals surface area contributed by atoms with E-state index in [0.717, 1.165) is 49.9 Å². The van der Waals surface area contributed by atoms with Gasteiger partial charge >= 0.3 is 6.01 Å². The fraction of sp³-hybridized carbons (Fsp3) is 0.444. The number of anilines is 2. The van der Waals surface area contributed by atoms with Crippen molar-refractivity contribution in [1.29, 1.82) is 0 Å². The van der Waals surface area contributed by atoms with E-state index >= 15 is 4.39 Å². The molecule has 4 aromatic rings. The molecule has 8 nitrogen and oxygen atoms in total. The van der Waals surface area contributed by atoms with Crippen LogP contribution >= 0.6 is 22.9 Å². The zero-order valence-electron chi connectivity index (χ0n) is 21.3. The van der Waals surface area contributed by atoms with Crippen LogP contribution < -0.4 is 21.1 Å². The summed E-state index contributed by atoms with van der Waals surface area (Å²) < 4.78 is 23.5. The van der Waals surface area contributed by atoms with Crippen LogP contribution in [0, 0.1) is 5.82 Å². The summed E-state index contributed by atoms with van der Waals surface area (Å²) in [5.41, 5.74) is 14.0. The van der Waals surface area contributed by atoms with Gasteiger partial charge in [0.15, 0.2) is 10.9 Å². The van der Waals surface area contributed by atoms with E-state index in [1.165, 1.54) is 11.3 Å². The van der Waals surface area contributed by atoms with E-state index < -0.39 is 5.82 Å². The van der Waals surface area contributed by atoms with Crippen LogP contribution in [0.2, 0.25) is 5.02 Å². The molecule has 4 heterocycles. The van der Waals surface area contributed by atoms with Crippen LogP contribution in [0.15, 0.2) is 24.3 Å². The van der Waals surface area contributed by atoms with Gasteiger partial charge in [-0.2, -0.15) is 9.97 Å². The quantitative estimate of drug-likeness (QED) is 0.351. The summed E-state index contributed by atoms with van der Waals surface area (Å²) in [5, 5.41) is 1.22. The maximum Gasteiger partial charge on any atom is 0.319 e. The van der Waals surface area contributed by atoms with Crippen LogP contribution in [-0.2, 0) is 0 Å². The Bertz CT molecular complexity index is 1500. The number of nitrogen functional groups attached to an aromatic ring is 1. The number of aromatic nitrogens is 3. The normalized spacial score (nSPS) is 20.9. The van der Waals surface area contributed by atoms with E-state index in [1.54, 1.807) is 12.1 Å². The molecule has 0 radical (unpaired) electrons. The largest absolute Gasteiger partial charge is 0.462 e. The van der Waals surface area contributed by atoms with Gasteiger partial charge in [0, 0.05) is 41.7 Å². The molecule has 0 saturated carbocycles. The van der Waals surface area contributed by atoms with E-state index in [-0.39, 0.29) is 34.2 Å². The highest BCUT2D eigenvalue weighted by Gasteiger charge is 2.27. The molecule has 2 saturated heterocycles. The fourth-order valence-corrected chi connectivity index (χ4v) is 6.66. The lowest BCUT2D eigenvalue weighted by Gasteiger charge is -2.26. The van der Waals surface area contributed by atoms with Crippen molar-refractivity contribution >= 4 is 55.0 Å². The van der Waals surface area contributed by atoms with Gasteiger partial charge in [-0.05, 0) is 51.4 Å². The molecule has 2 aliphatic heterocycles. The predicted molar refractivity (Wildman–Crippen MR) is 153 cm³/mol. The number of thiazole rings is 1. The van der Waals surface area contributed by atoms with E-state index in [9.17, 15) is 0 Å². The molecule has 2 aromatic heterocycles. The zero-order valence-corrected chi connectivity index (χ0v) is 22.9. The zero-order chi connectivity index (χ0) is 26.4. The highest BCUT2D eigenvalue weighted by molar-refractivity contribution is 7.22. The van der Waals surface area contributed by atoms with Gasteiger partial charge in [-0.1, -0.05) is 41.5 Å². The molecule has 2 aromatic carbocycles. The van der Waals surface area contributed by atoms with Gasteiger partial charge in [0.25, 0.3) is 0 Å².